The van der Waals surface area contributed by atoms with Crippen molar-refractivity contribution in [1.82, 2.24) is 5.32 Å². The Balaban J connectivity index is 2.44. The molecule has 1 rings (SSSR count). The van der Waals surface area contributed by atoms with Crippen LogP contribution in [0.4, 0.5) is 0 Å². The lowest BCUT2D eigenvalue weighted by Gasteiger charge is -2.11. The van der Waals surface area contributed by atoms with Gasteiger partial charge in [-0.1, -0.05) is 6.92 Å². The molecule has 0 saturated heterocycles. The molecule has 0 fully saturated rings. The Hall–Kier alpha value is -1.58. The molecule has 0 heterocycles. The van der Waals surface area contributed by atoms with Crippen molar-refractivity contribution < 1.29 is 13.2 Å². The molecule has 0 aromatic heterocycles. The van der Waals surface area contributed by atoms with Crippen molar-refractivity contribution in [3.63, 3.8) is 0 Å². The minimum atomic E-state index is -3.18. The van der Waals surface area contributed by atoms with E-state index in [1.54, 1.807) is 12.1 Å². The van der Waals surface area contributed by atoms with Gasteiger partial charge in [0.15, 0.2) is 9.84 Å². The fourth-order valence-electron chi connectivity index (χ4n) is 1.61. The predicted octanol–water partition coefficient (Wildman–Crippen LogP) is 1.75. The first-order valence-electron chi connectivity index (χ1n) is 6.53. The van der Waals surface area contributed by atoms with E-state index in [9.17, 15) is 8.42 Å². The Morgan fingerprint density at radius 3 is 2.50 bits per heavy atom. The van der Waals surface area contributed by atoms with Crippen molar-refractivity contribution in [3.05, 3.63) is 24.3 Å². The molecule has 0 aliphatic carbocycles. The molecule has 1 atom stereocenters. The molecular weight excluding hydrogens is 276 g/mol. The summed E-state index contributed by atoms with van der Waals surface area (Å²) >= 11 is 0. The fraction of sp³-hybridized carbons (Fsp3) is 0.500. The molecule has 0 aliphatic heterocycles. The molecule has 0 radical (unpaired) electrons. The SMILES string of the molecule is CCCNC(C#N)CCOc1ccc(S(C)(=O)=O)cc1. The van der Waals surface area contributed by atoms with Crippen LogP contribution in [0.25, 0.3) is 0 Å². The van der Waals surface area contributed by atoms with Crippen molar-refractivity contribution in [3.8, 4) is 11.8 Å². The number of nitriles is 1. The molecule has 1 aromatic rings. The van der Waals surface area contributed by atoms with E-state index in [0.29, 0.717) is 18.8 Å². The highest BCUT2D eigenvalue weighted by Crippen LogP contribution is 2.16. The van der Waals surface area contributed by atoms with Gasteiger partial charge in [-0.15, -0.1) is 0 Å². The molecule has 0 amide bonds. The second kappa shape index (κ2) is 7.88. The summed E-state index contributed by atoms with van der Waals surface area (Å²) in [4.78, 5) is 0.268. The molecule has 110 valence electrons. The van der Waals surface area contributed by atoms with Crippen LogP contribution in [0.15, 0.2) is 29.2 Å². The van der Waals surface area contributed by atoms with Crippen LogP contribution in [0.2, 0.25) is 0 Å². The quantitative estimate of drug-likeness (QED) is 0.790. The largest absolute Gasteiger partial charge is 0.493 e. The minimum Gasteiger partial charge on any atom is -0.493 e. The highest BCUT2D eigenvalue weighted by Gasteiger charge is 2.08. The first kappa shape index (κ1) is 16.5. The lowest BCUT2D eigenvalue weighted by atomic mass is 10.2. The fourth-order valence-corrected chi connectivity index (χ4v) is 2.24. The normalized spacial score (nSPS) is 12.7. The van der Waals surface area contributed by atoms with Gasteiger partial charge in [0.1, 0.15) is 5.75 Å². The van der Waals surface area contributed by atoms with Gasteiger partial charge >= 0.3 is 0 Å². The Labute approximate surface area is 120 Å². The third-order valence-electron chi connectivity index (χ3n) is 2.72. The smallest absolute Gasteiger partial charge is 0.175 e. The van der Waals surface area contributed by atoms with Crippen LogP contribution in [0.3, 0.4) is 0 Å². The summed E-state index contributed by atoms with van der Waals surface area (Å²) in [5, 5.41) is 12.1. The number of nitrogens with one attached hydrogen (secondary N) is 1. The predicted molar refractivity (Wildman–Crippen MR) is 77.4 cm³/mol. The van der Waals surface area contributed by atoms with Gasteiger partial charge in [0, 0.05) is 12.7 Å². The van der Waals surface area contributed by atoms with Crippen LogP contribution < -0.4 is 10.1 Å². The van der Waals surface area contributed by atoms with Crippen molar-refractivity contribution in [2.24, 2.45) is 0 Å². The summed E-state index contributed by atoms with van der Waals surface area (Å²) in [7, 11) is -3.18. The number of nitrogens with zero attached hydrogens (tertiary/aromatic N) is 1. The van der Waals surface area contributed by atoms with Crippen molar-refractivity contribution in [2.75, 3.05) is 19.4 Å². The van der Waals surface area contributed by atoms with Gasteiger partial charge in [0.05, 0.1) is 23.6 Å². The maximum atomic E-state index is 11.3. The van der Waals surface area contributed by atoms with E-state index in [-0.39, 0.29) is 10.9 Å². The van der Waals surface area contributed by atoms with Crippen LogP contribution in [0.5, 0.6) is 5.75 Å². The monoisotopic (exact) mass is 296 g/mol. The third-order valence-corrected chi connectivity index (χ3v) is 3.85. The standard InChI is InChI=1S/C14H20N2O3S/c1-3-9-16-12(11-15)8-10-19-13-4-6-14(7-5-13)20(2,17)18/h4-7,12,16H,3,8-10H2,1-2H3. The molecule has 0 saturated carbocycles. The number of hydrogen-bond donors (Lipinski definition) is 1. The molecular formula is C14H20N2O3S. The Kier molecular flexibility index (Phi) is 6.49. The maximum absolute atomic E-state index is 11.3. The van der Waals surface area contributed by atoms with Crippen LogP contribution in [0, 0.1) is 11.3 Å². The third kappa shape index (κ3) is 5.59. The molecule has 20 heavy (non-hydrogen) atoms. The summed E-state index contributed by atoms with van der Waals surface area (Å²) in [5.74, 6) is 0.601. The number of sulfone groups is 1. The van der Waals surface area contributed by atoms with Gasteiger partial charge < -0.3 is 10.1 Å². The minimum absolute atomic E-state index is 0.217. The molecule has 1 aromatic carbocycles. The number of rotatable bonds is 8. The summed E-state index contributed by atoms with van der Waals surface area (Å²) in [6.07, 6.45) is 2.73. The zero-order chi connectivity index (χ0) is 15.0. The second-order valence-corrected chi connectivity index (χ2v) is 6.53. The van der Waals surface area contributed by atoms with Crippen molar-refractivity contribution in [2.45, 2.75) is 30.7 Å². The summed E-state index contributed by atoms with van der Waals surface area (Å²) in [6, 6.07) is 8.24. The number of hydrogen-bond acceptors (Lipinski definition) is 5. The van der Waals surface area contributed by atoms with Gasteiger partial charge in [-0.2, -0.15) is 5.26 Å². The van der Waals surface area contributed by atoms with E-state index in [2.05, 4.69) is 11.4 Å². The van der Waals surface area contributed by atoms with Crippen LogP contribution in [-0.4, -0.2) is 33.9 Å². The molecule has 0 spiro atoms. The first-order valence-corrected chi connectivity index (χ1v) is 8.42. The molecule has 1 N–H and O–H groups in total. The van der Waals surface area contributed by atoms with Gasteiger partial charge in [-0.3, -0.25) is 0 Å². The van der Waals surface area contributed by atoms with Crippen LogP contribution in [0.1, 0.15) is 19.8 Å². The van der Waals surface area contributed by atoms with Gasteiger partial charge in [0.25, 0.3) is 0 Å². The molecule has 0 bridgehead atoms. The van der Waals surface area contributed by atoms with E-state index in [4.69, 9.17) is 10.00 Å². The Bertz CT molecular complexity index is 547. The van der Waals surface area contributed by atoms with Crippen molar-refractivity contribution >= 4 is 9.84 Å². The van der Waals surface area contributed by atoms with Gasteiger partial charge in [0.2, 0.25) is 0 Å². The topological polar surface area (TPSA) is 79.2 Å². The first-order chi connectivity index (χ1) is 9.47. The number of benzene rings is 1. The zero-order valence-corrected chi connectivity index (χ0v) is 12.6. The molecule has 5 nitrogen and oxygen atoms in total. The average Bonchev–Trinajstić information content (AvgIpc) is 2.42. The molecule has 6 heteroatoms. The molecule has 1 unspecified atom stereocenters. The average molecular weight is 296 g/mol. The van der Waals surface area contributed by atoms with Gasteiger partial charge in [-0.25, -0.2) is 8.42 Å². The summed E-state index contributed by atoms with van der Waals surface area (Å²) in [5.41, 5.74) is 0. The van der Waals surface area contributed by atoms with E-state index in [1.807, 2.05) is 6.92 Å². The second-order valence-electron chi connectivity index (χ2n) is 4.52. The van der Waals surface area contributed by atoms with E-state index < -0.39 is 9.84 Å². The Morgan fingerprint density at radius 2 is 2.00 bits per heavy atom. The lowest BCUT2D eigenvalue weighted by molar-refractivity contribution is 0.297. The highest BCUT2D eigenvalue weighted by molar-refractivity contribution is 7.90. The number of ether oxygens (including phenoxy) is 1. The Morgan fingerprint density at radius 1 is 1.35 bits per heavy atom. The molecule has 0 aliphatic rings. The van der Waals surface area contributed by atoms with E-state index in [1.165, 1.54) is 18.4 Å². The van der Waals surface area contributed by atoms with Gasteiger partial charge in [-0.05, 0) is 37.2 Å². The lowest BCUT2D eigenvalue weighted by Crippen LogP contribution is -2.29. The van der Waals surface area contributed by atoms with Crippen LogP contribution in [-0.2, 0) is 9.84 Å². The van der Waals surface area contributed by atoms with Crippen molar-refractivity contribution in [1.29, 1.82) is 5.26 Å². The highest BCUT2D eigenvalue weighted by atomic mass is 32.2. The van der Waals surface area contributed by atoms with Crippen LogP contribution >= 0.6 is 0 Å². The van der Waals surface area contributed by atoms with E-state index in [0.717, 1.165) is 13.0 Å². The zero-order valence-electron chi connectivity index (χ0n) is 11.8. The summed E-state index contributed by atoms with van der Waals surface area (Å²) < 4.78 is 28.1. The summed E-state index contributed by atoms with van der Waals surface area (Å²) in [6.45, 7) is 3.26. The maximum Gasteiger partial charge on any atom is 0.175 e. The van der Waals surface area contributed by atoms with E-state index >= 15 is 0 Å².